The zero-order valence-corrected chi connectivity index (χ0v) is 70.5. The van der Waals surface area contributed by atoms with Gasteiger partial charge >= 0.3 is 0 Å². The second-order valence-electron chi connectivity index (χ2n) is 33.9. The second kappa shape index (κ2) is 29.1. The van der Waals surface area contributed by atoms with Crippen molar-refractivity contribution in [2.45, 2.75) is 10.8 Å². The van der Waals surface area contributed by atoms with E-state index in [-0.39, 0.29) is 0 Å². The van der Waals surface area contributed by atoms with Crippen LogP contribution in [0.2, 0.25) is 0 Å². The zero-order valence-electron chi connectivity index (χ0n) is 69.6. The first-order valence-corrected chi connectivity index (χ1v) is 44.9. The molecule has 0 amide bonds. The Labute approximate surface area is 746 Å². The molecule has 0 unspecified atom stereocenters. The van der Waals surface area contributed by atoms with Gasteiger partial charge in [-0.2, -0.15) is 0 Å². The first kappa shape index (κ1) is 73.2. The molecule has 0 bridgehead atoms. The van der Waals surface area contributed by atoms with Crippen LogP contribution in [0.25, 0.3) is 120 Å². The molecule has 0 atom stereocenters. The number of thiophene rings is 1. The van der Waals surface area contributed by atoms with Crippen molar-refractivity contribution in [3.8, 4) is 77.9 Å². The molecule has 2 aliphatic carbocycles. The van der Waals surface area contributed by atoms with E-state index in [1.165, 1.54) is 98.1 Å². The van der Waals surface area contributed by atoms with Crippen molar-refractivity contribution in [1.82, 2.24) is 0 Å². The Morgan fingerprint density at radius 3 is 1.11 bits per heavy atom. The number of hydrogen-bond donors (Lipinski definition) is 0. The summed E-state index contributed by atoms with van der Waals surface area (Å²) in [5.74, 6) is 0. The van der Waals surface area contributed by atoms with Crippen molar-refractivity contribution >= 4 is 122 Å². The molecule has 26 rings (SSSR count). The van der Waals surface area contributed by atoms with Gasteiger partial charge in [0.05, 0.1) is 72.4 Å². The Balaban J connectivity index is 0.626. The van der Waals surface area contributed by atoms with Gasteiger partial charge in [0.25, 0.3) is 0 Å². The van der Waals surface area contributed by atoms with Crippen LogP contribution < -0.4 is 19.6 Å². The van der Waals surface area contributed by atoms with Gasteiger partial charge in [-0.15, -0.1) is 11.3 Å². The fraction of sp³-hybridized carbons (Fsp3) is 0.0164. The summed E-state index contributed by atoms with van der Waals surface area (Å²) in [6.45, 7) is 0. The molecule has 0 radical (unpaired) electrons. The first-order valence-electron chi connectivity index (χ1n) is 44.1. The van der Waals surface area contributed by atoms with Crippen molar-refractivity contribution in [2.75, 3.05) is 19.6 Å². The normalized spacial score (nSPS) is 13.2. The number of benzene rings is 20. The summed E-state index contributed by atoms with van der Waals surface area (Å²) >= 11 is 1.87. The number of furan rings is 1. The lowest BCUT2D eigenvalue weighted by molar-refractivity contribution is 0.669. The van der Waals surface area contributed by atoms with Gasteiger partial charge < -0.3 is 24.0 Å². The van der Waals surface area contributed by atoms with Crippen LogP contribution in [0.15, 0.2) is 478 Å². The number of nitrogens with zero attached hydrogens (tertiary/aromatic N) is 4. The van der Waals surface area contributed by atoms with Crippen LogP contribution in [0.1, 0.15) is 44.5 Å². The highest BCUT2D eigenvalue weighted by molar-refractivity contribution is 7.26. The standard InChI is InChI=1S/C122H78N4OS/c1-4-35-79(36-5-1)81-39-28-42-85(75-81)89-47-12-21-62-105(89)125(111-68-33-60-103-117(111)94-50-10-15-54-97(94)121(103)99-56-17-23-64-107(99)123(87-44-8-3-9-45-87)108-65-24-18-57-100(108)121)113-70-31-52-92-96-78-84(73-74-115(96)127-119(92)113)83-41-30-46-88(77-83)124-109-66-25-19-58-101(109)122(102-59-20-26-67-110(102)124)98-55-16-11-51-95(98)118-104(122)61-34-69-112(118)126(114-71-32-53-93-91-49-14-27-72-116(91)128-120(93)114)106-63-22-13-48-90(106)86-43-29-40-82(76-86)80-37-6-2-7-38-80/h1-78H. The lowest BCUT2D eigenvalue weighted by atomic mass is 9.64. The van der Waals surface area contributed by atoms with E-state index < -0.39 is 10.8 Å². The third-order valence-corrected chi connectivity index (χ3v) is 28.6. The zero-order chi connectivity index (χ0) is 84.1. The van der Waals surface area contributed by atoms with E-state index in [0.717, 1.165) is 135 Å². The van der Waals surface area contributed by atoms with Crippen LogP contribution in [-0.4, -0.2) is 0 Å². The molecule has 5 nitrogen and oxygen atoms in total. The van der Waals surface area contributed by atoms with E-state index in [4.69, 9.17) is 4.42 Å². The summed E-state index contributed by atoms with van der Waals surface area (Å²) in [6, 6.07) is 176. The van der Waals surface area contributed by atoms with E-state index in [9.17, 15) is 0 Å². The first-order chi connectivity index (χ1) is 63.5. The van der Waals surface area contributed by atoms with Crippen molar-refractivity contribution in [3.05, 3.63) is 518 Å². The second-order valence-corrected chi connectivity index (χ2v) is 35.0. The topological polar surface area (TPSA) is 26.1 Å². The molecule has 4 heterocycles. The highest BCUT2D eigenvalue weighted by Crippen LogP contribution is 2.69. The van der Waals surface area contributed by atoms with Crippen LogP contribution in [0.3, 0.4) is 0 Å². The molecular formula is C122H78N4OS. The van der Waals surface area contributed by atoms with Gasteiger partial charge in [-0.3, -0.25) is 0 Å². The summed E-state index contributed by atoms with van der Waals surface area (Å²) in [6.07, 6.45) is 0. The predicted molar refractivity (Wildman–Crippen MR) is 534 cm³/mol. The maximum Gasteiger partial charge on any atom is 0.159 e. The van der Waals surface area contributed by atoms with Gasteiger partial charge in [0.2, 0.25) is 0 Å². The minimum Gasteiger partial charge on any atom is -0.454 e. The van der Waals surface area contributed by atoms with E-state index in [2.05, 4.69) is 493 Å². The lowest BCUT2D eigenvalue weighted by Gasteiger charge is -2.45. The van der Waals surface area contributed by atoms with E-state index in [0.29, 0.717) is 0 Å². The maximum absolute atomic E-state index is 7.54. The number of anilines is 12. The highest BCUT2D eigenvalue weighted by atomic mass is 32.1. The fourth-order valence-electron chi connectivity index (χ4n) is 22.2. The van der Waals surface area contributed by atoms with Crippen LogP contribution in [0.5, 0.6) is 0 Å². The number of para-hydroxylation sites is 8. The van der Waals surface area contributed by atoms with Gasteiger partial charge in [-0.25, -0.2) is 0 Å². The van der Waals surface area contributed by atoms with Gasteiger partial charge in [-0.1, -0.05) is 358 Å². The molecule has 128 heavy (non-hydrogen) atoms. The molecule has 0 N–H and O–H groups in total. The molecule has 598 valence electrons. The molecular weight excluding hydrogens is 1570 g/mol. The fourth-order valence-corrected chi connectivity index (χ4v) is 23.5. The minimum atomic E-state index is -0.744. The molecule has 0 fully saturated rings. The molecule has 0 saturated heterocycles. The van der Waals surface area contributed by atoms with Crippen molar-refractivity contribution in [2.24, 2.45) is 0 Å². The number of rotatable bonds is 13. The minimum absolute atomic E-state index is 0.704. The summed E-state index contributed by atoms with van der Waals surface area (Å²) in [5.41, 5.74) is 39.2. The monoisotopic (exact) mass is 1650 g/mol. The quantitative estimate of drug-likeness (QED) is 0.115. The smallest absolute Gasteiger partial charge is 0.159 e. The summed E-state index contributed by atoms with van der Waals surface area (Å²) < 4.78 is 10.0. The molecule has 4 aliphatic rings. The highest BCUT2D eigenvalue weighted by Gasteiger charge is 2.55. The van der Waals surface area contributed by atoms with Crippen LogP contribution in [0.4, 0.5) is 68.2 Å². The Hall–Kier alpha value is -16.4. The Morgan fingerprint density at radius 1 is 0.211 bits per heavy atom. The average Bonchev–Trinajstić information content (AvgIpc) is 1.50. The number of hydrogen-bond acceptors (Lipinski definition) is 6. The molecule has 0 saturated carbocycles. The Morgan fingerprint density at radius 2 is 0.562 bits per heavy atom. The maximum atomic E-state index is 7.54. The van der Waals surface area contributed by atoms with Crippen molar-refractivity contribution in [3.63, 3.8) is 0 Å². The van der Waals surface area contributed by atoms with E-state index in [1.807, 2.05) is 11.3 Å². The van der Waals surface area contributed by atoms with Crippen LogP contribution in [-0.2, 0) is 10.8 Å². The summed E-state index contributed by atoms with van der Waals surface area (Å²) in [5, 5.41) is 4.56. The largest absolute Gasteiger partial charge is 0.454 e. The Kier molecular flexibility index (Phi) is 16.7. The lowest BCUT2D eigenvalue weighted by Crippen LogP contribution is -2.36. The Bertz CT molecular complexity index is 8170. The van der Waals surface area contributed by atoms with Gasteiger partial charge in [0.1, 0.15) is 5.58 Å². The van der Waals surface area contributed by atoms with Crippen LogP contribution in [0, 0.1) is 0 Å². The van der Waals surface area contributed by atoms with Crippen molar-refractivity contribution in [1.29, 1.82) is 0 Å². The van der Waals surface area contributed by atoms with E-state index >= 15 is 0 Å². The summed E-state index contributed by atoms with van der Waals surface area (Å²) in [7, 11) is 0. The predicted octanol–water partition coefficient (Wildman–Crippen LogP) is 33.5. The van der Waals surface area contributed by atoms with Gasteiger partial charge in [0, 0.05) is 59.9 Å². The van der Waals surface area contributed by atoms with Crippen molar-refractivity contribution < 1.29 is 4.42 Å². The average molecular weight is 1650 g/mol. The molecule has 20 aromatic carbocycles. The van der Waals surface area contributed by atoms with E-state index in [1.54, 1.807) is 0 Å². The molecule has 2 aromatic heterocycles. The van der Waals surface area contributed by atoms with Crippen LogP contribution >= 0.6 is 11.3 Å². The summed E-state index contributed by atoms with van der Waals surface area (Å²) in [4.78, 5) is 10.1. The van der Waals surface area contributed by atoms with Gasteiger partial charge in [0.15, 0.2) is 5.58 Å². The third kappa shape index (κ3) is 10.8. The molecule has 6 heteroatoms. The SMILES string of the molecule is c1ccc(-c2cccc(-c3ccccc3N(c3cccc4c3-c3ccccc3C43c4ccccc4N(c4ccccc4)c4ccccc43)c3cccc4c3oc3ccc(-c5cccc(N6c7ccccc7C7(c8ccccc8-c8c(N(c9ccccc9-c9cccc(-c%10ccccc%10)c9)c9cccc%10c9sc9ccccc9%10)cccc87)c7ccccc76)c5)cc34)c2)cc1. The third-order valence-electron chi connectivity index (χ3n) is 27.4. The molecule has 22 aromatic rings. The number of fused-ring (bicyclic) bond motifs is 24. The molecule has 2 aliphatic heterocycles. The molecule has 2 spiro atoms. The van der Waals surface area contributed by atoms with Gasteiger partial charge in [-0.05, 0) is 215 Å².